The highest BCUT2D eigenvalue weighted by molar-refractivity contribution is 5.82. The number of pyridine rings is 1. The van der Waals surface area contributed by atoms with Gasteiger partial charge in [-0.05, 0) is 32.9 Å². The Bertz CT molecular complexity index is 682. The van der Waals surface area contributed by atoms with Crippen molar-refractivity contribution in [2.75, 3.05) is 37.6 Å². The number of amides is 3. The van der Waals surface area contributed by atoms with E-state index in [-0.39, 0.29) is 29.3 Å². The van der Waals surface area contributed by atoms with Crippen LogP contribution in [0.15, 0.2) is 18.3 Å². The van der Waals surface area contributed by atoms with Crippen LogP contribution in [0.25, 0.3) is 0 Å². The van der Waals surface area contributed by atoms with Crippen molar-refractivity contribution in [2.45, 2.75) is 38.8 Å². The summed E-state index contributed by atoms with van der Waals surface area (Å²) in [5.74, 6) is 0.0464. The molecule has 0 aliphatic carbocycles. The van der Waals surface area contributed by atoms with Crippen LogP contribution in [-0.4, -0.2) is 71.0 Å². The van der Waals surface area contributed by atoms with Crippen molar-refractivity contribution in [3.05, 3.63) is 24.1 Å². The molecule has 26 heavy (non-hydrogen) atoms. The average Bonchev–Trinajstić information content (AvgIpc) is 2.96. The molecule has 3 heterocycles. The predicted octanol–water partition coefficient (Wildman–Crippen LogP) is 1.45. The number of halogens is 1. The van der Waals surface area contributed by atoms with E-state index in [1.807, 2.05) is 25.7 Å². The van der Waals surface area contributed by atoms with Gasteiger partial charge in [0.25, 0.3) is 0 Å². The second-order valence-electron chi connectivity index (χ2n) is 7.81. The number of likely N-dealkylation sites (tertiary alicyclic amines) is 1. The molecule has 2 fully saturated rings. The molecular formula is C18H26FN5O2. The fourth-order valence-corrected chi connectivity index (χ4v) is 3.45. The summed E-state index contributed by atoms with van der Waals surface area (Å²) >= 11 is 0. The fraction of sp³-hybridized carbons (Fsp3) is 0.611. The monoisotopic (exact) mass is 363 g/mol. The summed E-state index contributed by atoms with van der Waals surface area (Å²) in [5, 5.41) is 2.96. The maximum atomic E-state index is 13.8. The zero-order valence-corrected chi connectivity index (χ0v) is 15.5. The Morgan fingerprint density at radius 2 is 1.96 bits per heavy atom. The number of anilines is 1. The maximum absolute atomic E-state index is 13.8. The Kier molecular flexibility index (Phi) is 5.02. The molecule has 0 radical (unpaired) electrons. The molecule has 8 heteroatoms. The van der Waals surface area contributed by atoms with E-state index in [9.17, 15) is 14.0 Å². The molecule has 142 valence electrons. The minimum atomic E-state index is -0.350. The molecule has 1 aromatic rings. The normalized spacial score (nSPS) is 21.3. The van der Waals surface area contributed by atoms with E-state index in [1.54, 1.807) is 22.1 Å². The molecule has 2 saturated heterocycles. The topological polar surface area (TPSA) is 68.8 Å². The summed E-state index contributed by atoms with van der Waals surface area (Å²) in [5.41, 5.74) is -0.241. The zero-order valence-electron chi connectivity index (χ0n) is 15.5. The Balaban J connectivity index is 1.52. The van der Waals surface area contributed by atoms with Gasteiger partial charge in [0.2, 0.25) is 5.91 Å². The van der Waals surface area contributed by atoms with E-state index in [0.29, 0.717) is 45.0 Å². The molecule has 0 saturated carbocycles. The zero-order chi connectivity index (χ0) is 18.9. The van der Waals surface area contributed by atoms with E-state index in [0.717, 1.165) is 0 Å². The van der Waals surface area contributed by atoms with Gasteiger partial charge in [-0.1, -0.05) is 0 Å². The number of carbonyl (C=O) groups is 2. The lowest BCUT2D eigenvalue weighted by Crippen LogP contribution is -2.54. The Morgan fingerprint density at radius 1 is 1.27 bits per heavy atom. The van der Waals surface area contributed by atoms with Crippen molar-refractivity contribution in [2.24, 2.45) is 0 Å². The SMILES string of the molecule is CC(C)(C)N1CC(NC(=O)N2CCN(c3ncccc3F)CC2)CC1=O. The first kappa shape index (κ1) is 18.4. The van der Waals surface area contributed by atoms with Gasteiger partial charge in [-0.3, -0.25) is 4.79 Å². The van der Waals surface area contributed by atoms with Crippen molar-refractivity contribution >= 4 is 17.8 Å². The van der Waals surface area contributed by atoms with Crippen LogP contribution in [0.4, 0.5) is 15.0 Å². The van der Waals surface area contributed by atoms with Crippen LogP contribution >= 0.6 is 0 Å². The number of hydrogen-bond acceptors (Lipinski definition) is 4. The van der Waals surface area contributed by atoms with Crippen LogP contribution in [0.1, 0.15) is 27.2 Å². The van der Waals surface area contributed by atoms with Crippen LogP contribution in [0, 0.1) is 5.82 Å². The number of nitrogens with one attached hydrogen (secondary N) is 1. The van der Waals surface area contributed by atoms with E-state index < -0.39 is 0 Å². The molecule has 7 nitrogen and oxygen atoms in total. The van der Waals surface area contributed by atoms with Gasteiger partial charge in [-0.2, -0.15) is 0 Å². The van der Waals surface area contributed by atoms with Crippen molar-refractivity contribution in [1.82, 2.24) is 20.1 Å². The van der Waals surface area contributed by atoms with Crippen molar-refractivity contribution < 1.29 is 14.0 Å². The van der Waals surface area contributed by atoms with Crippen LogP contribution in [0.5, 0.6) is 0 Å². The number of hydrogen-bond donors (Lipinski definition) is 1. The van der Waals surface area contributed by atoms with Gasteiger partial charge in [-0.15, -0.1) is 0 Å². The van der Waals surface area contributed by atoms with E-state index >= 15 is 0 Å². The molecule has 2 aliphatic rings. The molecule has 2 aliphatic heterocycles. The number of aromatic nitrogens is 1. The molecular weight excluding hydrogens is 337 g/mol. The maximum Gasteiger partial charge on any atom is 0.317 e. The van der Waals surface area contributed by atoms with Gasteiger partial charge in [0.15, 0.2) is 11.6 Å². The lowest BCUT2D eigenvalue weighted by atomic mass is 10.1. The Morgan fingerprint density at radius 3 is 2.54 bits per heavy atom. The summed E-state index contributed by atoms with van der Waals surface area (Å²) in [4.78, 5) is 34.1. The number of rotatable bonds is 2. The molecule has 1 aromatic heterocycles. The average molecular weight is 363 g/mol. The Labute approximate surface area is 153 Å². The molecule has 0 spiro atoms. The highest BCUT2D eigenvalue weighted by atomic mass is 19.1. The van der Waals surface area contributed by atoms with Gasteiger partial charge in [0.05, 0.1) is 6.04 Å². The van der Waals surface area contributed by atoms with Crippen molar-refractivity contribution in [3.8, 4) is 0 Å². The largest absolute Gasteiger partial charge is 0.351 e. The highest BCUT2D eigenvalue weighted by Crippen LogP contribution is 2.22. The fourth-order valence-electron chi connectivity index (χ4n) is 3.45. The van der Waals surface area contributed by atoms with E-state index in [2.05, 4.69) is 10.3 Å². The number of nitrogens with zero attached hydrogens (tertiary/aromatic N) is 4. The molecule has 0 bridgehead atoms. The second kappa shape index (κ2) is 7.09. The first-order chi connectivity index (χ1) is 12.3. The molecule has 1 N–H and O–H groups in total. The summed E-state index contributed by atoms with van der Waals surface area (Å²) in [6.07, 6.45) is 1.90. The van der Waals surface area contributed by atoms with Crippen LogP contribution in [0.3, 0.4) is 0 Å². The Hall–Kier alpha value is -2.38. The van der Waals surface area contributed by atoms with Gasteiger partial charge in [-0.25, -0.2) is 14.2 Å². The summed E-state index contributed by atoms with van der Waals surface area (Å²) in [7, 11) is 0. The predicted molar refractivity (Wildman–Crippen MR) is 96.4 cm³/mol. The quantitative estimate of drug-likeness (QED) is 0.864. The third-order valence-electron chi connectivity index (χ3n) is 4.87. The molecule has 3 rings (SSSR count). The molecule has 3 amide bonds. The molecule has 1 unspecified atom stereocenters. The minimum absolute atomic E-state index is 0.0678. The minimum Gasteiger partial charge on any atom is -0.351 e. The summed E-state index contributed by atoms with van der Waals surface area (Å²) in [6, 6.07) is 2.62. The van der Waals surface area contributed by atoms with Crippen LogP contribution in [0.2, 0.25) is 0 Å². The lowest BCUT2D eigenvalue weighted by molar-refractivity contribution is -0.131. The van der Waals surface area contributed by atoms with E-state index in [4.69, 9.17) is 0 Å². The standard InChI is InChI=1S/C18H26FN5O2/c1-18(2,3)24-12-13(11-15(24)25)21-17(26)23-9-7-22(8-10-23)16-14(19)5-4-6-20-16/h4-6,13H,7-12H2,1-3H3,(H,21,26). The highest BCUT2D eigenvalue weighted by Gasteiger charge is 2.37. The first-order valence-electron chi connectivity index (χ1n) is 8.97. The van der Waals surface area contributed by atoms with Crippen molar-refractivity contribution in [3.63, 3.8) is 0 Å². The number of carbonyl (C=O) groups excluding carboxylic acids is 2. The number of piperazine rings is 1. The third-order valence-corrected chi connectivity index (χ3v) is 4.87. The van der Waals surface area contributed by atoms with Crippen LogP contribution in [-0.2, 0) is 4.79 Å². The third kappa shape index (κ3) is 3.89. The van der Waals surface area contributed by atoms with Gasteiger partial charge in [0.1, 0.15) is 0 Å². The molecule has 0 aromatic carbocycles. The van der Waals surface area contributed by atoms with Crippen molar-refractivity contribution in [1.29, 1.82) is 0 Å². The van der Waals surface area contributed by atoms with Crippen LogP contribution < -0.4 is 10.2 Å². The second-order valence-corrected chi connectivity index (χ2v) is 7.81. The van der Waals surface area contributed by atoms with Gasteiger partial charge < -0.3 is 20.0 Å². The first-order valence-corrected chi connectivity index (χ1v) is 8.97. The summed E-state index contributed by atoms with van der Waals surface area (Å²) in [6.45, 7) is 8.55. The van der Waals surface area contributed by atoms with Gasteiger partial charge in [0, 0.05) is 50.9 Å². The summed E-state index contributed by atoms with van der Waals surface area (Å²) < 4.78 is 13.8. The lowest BCUT2D eigenvalue weighted by Gasteiger charge is -2.36. The molecule has 1 atom stereocenters. The number of urea groups is 1. The van der Waals surface area contributed by atoms with E-state index in [1.165, 1.54) is 6.07 Å². The van der Waals surface area contributed by atoms with Gasteiger partial charge >= 0.3 is 6.03 Å². The smallest absolute Gasteiger partial charge is 0.317 e.